The summed E-state index contributed by atoms with van der Waals surface area (Å²) in [5.74, 6) is 1.56. The maximum atomic E-state index is 13.8. The molecule has 7 heteroatoms. The average Bonchev–Trinajstić information content (AvgIpc) is 3.16. The number of aromatic nitrogens is 2. The first kappa shape index (κ1) is 21.2. The summed E-state index contributed by atoms with van der Waals surface area (Å²) < 4.78 is 7.06. The lowest BCUT2D eigenvalue weighted by Crippen LogP contribution is -2.27. The smallest absolute Gasteiger partial charge is 0.267 e. The Labute approximate surface area is 195 Å². The van der Waals surface area contributed by atoms with Crippen LogP contribution in [0.15, 0.2) is 58.5 Å². The van der Waals surface area contributed by atoms with Gasteiger partial charge in [-0.2, -0.15) is 0 Å². The number of aryl methyl sites for hydroxylation is 1. The van der Waals surface area contributed by atoms with Crippen LogP contribution in [0, 0.1) is 6.92 Å². The van der Waals surface area contributed by atoms with Gasteiger partial charge in [-0.3, -0.25) is 9.36 Å². The summed E-state index contributed by atoms with van der Waals surface area (Å²) in [7, 11) is 3.79. The van der Waals surface area contributed by atoms with E-state index in [1.165, 1.54) is 16.0 Å². The van der Waals surface area contributed by atoms with Gasteiger partial charge in [-0.25, -0.2) is 4.98 Å². The zero-order chi connectivity index (χ0) is 22.2. The Bertz CT molecular complexity index is 1320. The zero-order valence-corrected chi connectivity index (χ0v) is 20.1. The number of fused-ring (bicyclic) bond motifs is 3. The standard InChI is InChI=1S/C25H25N3O2S2/c1-16-4-8-18(9-5-16)28-24(29)22-20-12-13-27(2)14-21(20)32-23(22)26-25(28)31-15-17-6-10-19(30-3)11-7-17/h4-11H,12-15H2,1-3H3. The van der Waals surface area contributed by atoms with Crippen LogP contribution in [0.3, 0.4) is 0 Å². The van der Waals surface area contributed by atoms with Gasteiger partial charge in [0.15, 0.2) is 5.16 Å². The summed E-state index contributed by atoms with van der Waals surface area (Å²) in [4.78, 5) is 23.3. The molecule has 0 amide bonds. The number of thiophene rings is 1. The Morgan fingerprint density at radius 3 is 2.59 bits per heavy atom. The van der Waals surface area contributed by atoms with Crippen molar-refractivity contribution in [3.8, 4) is 11.4 Å². The minimum absolute atomic E-state index is 0.0399. The molecule has 0 unspecified atom stereocenters. The van der Waals surface area contributed by atoms with Crippen LogP contribution >= 0.6 is 23.1 Å². The van der Waals surface area contributed by atoms with Crippen molar-refractivity contribution >= 4 is 33.3 Å². The molecule has 0 saturated heterocycles. The zero-order valence-electron chi connectivity index (χ0n) is 18.4. The van der Waals surface area contributed by atoms with Gasteiger partial charge in [0.2, 0.25) is 0 Å². The number of benzene rings is 2. The molecule has 1 aliphatic heterocycles. The molecule has 2 aromatic carbocycles. The van der Waals surface area contributed by atoms with Crippen LogP contribution in [0.5, 0.6) is 5.75 Å². The summed E-state index contributed by atoms with van der Waals surface area (Å²) in [6.45, 7) is 3.91. The molecule has 164 valence electrons. The van der Waals surface area contributed by atoms with Crippen molar-refractivity contribution < 1.29 is 4.74 Å². The van der Waals surface area contributed by atoms with Crippen LogP contribution in [-0.2, 0) is 18.7 Å². The maximum absolute atomic E-state index is 13.8. The van der Waals surface area contributed by atoms with Crippen molar-refractivity contribution in [2.45, 2.75) is 30.8 Å². The molecule has 0 saturated carbocycles. The van der Waals surface area contributed by atoms with E-state index in [-0.39, 0.29) is 5.56 Å². The first-order valence-corrected chi connectivity index (χ1v) is 12.4. The first-order chi connectivity index (χ1) is 15.5. The van der Waals surface area contributed by atoms with Gasteiger partial charge in [-0.15, -0.1) is 11.3 Å². The van der Waals surface area contributed by atoms with E-state index in [4.69, 9.17) is 9.72 Å². The van der Waals surface area contributed by atoms with E-state index in [1.807, 2.05) is 36.4 Å². The molecule has 5 nitrogen and oxygen atoms in total. The number of methoxy groups -OCH3 is 1. The largest absolute Gasteiger partial charge is 0.497 e. The molecule has 4 aromatic rings. The highest BCUT2D eigenvalue weighted by Gasteiger charge is 2.24. The number of hydrogen-bond acceptors (Lipinski definition) is 6. The predicted molar refractivity (Wildman–Crippen MR) is 133 cm³/mol. The monoisotopic (exact) mass is 463 g/mol. The van der Waals surface area contributed by atoms with Gasteiger partial charge in [0, 0.05) is 23.7 Å². The maximum Gasteiger partial charge on any atom is 0.267 e. The second kappa shape index (κ2) is 8.73. The quantitative estimate of drug-likeness (QED) is 0.306. The lowest BCUT2D eigenvalue weighted by atomic mass is 10.1. The average molecular weight is 464 g/mol. The SMILES string of the molecule is COc1ccc(CSc2nc3sc4c(c3c(=O)n2-c2ccc(C)cc2)CCN(C)C4)cc1. The summed E-state index contributed by atoms with van der Waals surface area (Å²) in [5, 5.41) is 1.53. The van der Waals surface area contributed by atoms with Crippen LogP contribution in [0.4, 0.5) is 0 Å². The van der Waals surface area contributed by atoms with Crippen LogP contribution in [-0.4, -0.2) is 35.2 Å². The highest BCUT2D eigenvalue weighted by molar-refractivity contribution is 7.98. The highest BCUT2D eigenvalue weighted by atomic mass is 32.2. The van der Waals surface area contributed by atoms with Gasteiger partial charge in [0.1, 0.15) is 10.6 Å². The lowest BCUT2D eigenvalue weighted by Gasteiger charge is -2.21. The Morgan fingerprint density at radius 2 is 1.88 bits per heavy atom. The molecule has 2 aromatic heterocycles. The van der Waals surface area contributed by atoms with Crippen molar-refractivity contribution in [3.63, 3.8) is 0 Å². The summed E-state index contributed by atoms with van der Waals surface area (Å²) in [5.41, 5.74) is 4.42. The third kappa shape index (κ3) is 3.96. The number of nitrogens with zero attached hydrogens (tertiary/aromatic N) is 3. The minimum atomic E-state index is 0.0399. The van der Waals surface area contributed by atoms with Crippen molar-refractivity contribution in [2.75, 3.05) is 20.7 Å². The Kier molecular flexibility index (Phi) is 5.80. The van der Waals surface area contributed by atoms with E-state index in [9.17, 15) is 4.79 Å². The van der Waals surface area contributed by atoms with Crippen molar-refractivity contribution in [2.24, 2.45) is 0 Å². The van der Waals surface area contributed by atoms with Gasteiger partial charge in [0.25, 0.3) is 5.56 Å². The molecular weight excluding hydrogens is 438 g/mol. The molecule has 0 radical (unpaired) electrons. The lowest BCUT2D eigenvalue weighted by molar-refractivity contribution is 0.318. The van der Waals surface area contributed by atoms with E-state index < -0.39 is 0 Å². The first-order valence-electron chi connectivity index (χ1n) is 10.6. The van der Waals surface area contributed by atoms with Crippen molar-refractivity contribution in [1.29, 1.82) is 0 Å². The van der Waals surface area contributed by atoms with E-state index >= 15 is 0 Å². The predicted octanol–water partition coefficient (Wildman–Crippen LogP) is 5.04. The number of rotatable bonds is 5. The molecular formula is C25H25N3O2S2. The molecule has 32 heavy (non-hydrogen) atoms. The van der Waals surface area contributed by atoms with Crippen LogP contribution in [0.1, 0.15) is 21.6 Å². The topological polar surface area (TPSA) is 47.4 Å². The van der Waals surface area contributed by atoms with E-state index in [2.05, 4.69) is 31.0 Å². The fraction of sp³-hybridized carbons (Fsp3) is 0.280. The second-order valence-corrected chi connectivity index (χ2v) is 10.2. The van der Waals surface area contributed by atoms with Crippen LogP contribution in [0.25, 0.3) is 15.9 Å². The highest BCUT2D eigenvalue weighted by Crippen LogP contribution is 2.34. The van der Waals surface area contributed by atoms with Crippen molar-refractivity contribution in [1.82, 2.24) is 14.5 Å². The molecule has 0 N–H and O–H groups in total. The summed E-state index contributed by atoms with van der Waals surface area (Å²) in [6.07, 6.45) is 0.898. The molecule has 0 aliphatic carbocycles. The van der Waals surface area contributed by atoms with Gasteiger partial charge >= 0.3 is 0 Å². The fourth-order valence-corrected chi connectivity index (χ4v) is 6.35. The van der Waals surface area contributed by atoms with Crippen molar-refractivity contribution in [3.05, 3.63) is 80.5 Å². The number of hydrogen-bond donors (Lipinski definition) is 0. The third-order valence-electron chi connectivity index (χ3n) is 5.85. The normalized spacial score (nSPS) is 14.0. The molecule has 1 aliphatic rings. The second-order valence-electron chi connectivity index (χ2n) is 8.18. The molecule has 0 spiro atoms. The number of ether oxygens (including phenoxy) is 1. The number of thioether (sulfide) groups is 1. The third-order valence-corrected chi connectivity index (χ3v) is 7.97. The minimum Gasteiger partial charge on any atom is -0.497 e. The summed E-state index contributed by atoms with van der Waals surface area (Å²) in [6, 6.07) is 16.1. The van der Waals surface area contributed by atoms with Gasteiger partial charge in [-0.1, -0.05) is 41.6 Å². The molecule has 0 atom stereocenters. The Morgan fingerprint density at radius 1 is 1.12 bits per heavy atom. The van der Waals surface area contributed by atoms with Gasteiger partial charge in [0.05, 0.1) is 18.2 Å². The molecule has 0 fully saturated rings. The Balaban J connectivity index is 1.61. The fourth-order valence-electron chi connectivity index (χ4n) is 4.04. The van der Waals surface area contributed by atoms with Crippen LogP contribution < -0.4 is 10.3 Å². The van der Waals surface area contributed by atoms with E-state index in [0.29, 0.717) is 0 Å². The summed E-state index contributed by atoms with van der Waals surface area (Å²) >= 11 is 3.26. The van der Waals surface area contributed by atoms with E-state index in [0.717, 1.165) is 57.6 Å². The van der Waals surface area contributed by atoms with Gasteiger partial charge < -0.3 is 9.64 Å². The molecule has 5 rings (SSSR count). The van der Waals surface area contributed by atoms with E-state index in [1.54, 1.807) is 34.8 Å². The van der Waals surface area contributed by atoms with Gasteiger partial charge in [-0.05, 0) is 55.8 Å². The van der Waals surface area contributed by atoms with Crippen LogP contribution in [0.2, 0.25) is 0 Å². The molecule has 3 heterocycles. The number of likely N-dealkylation sites (N-methyl/N-ethyl adjacent to an activating group) is 1. The molecule has 0 bridgehead atoms. The Hall–Kier alpha value is -2.61.